The van der Waals surface area contributed by atoms with E-state index in [4.69, 9.17) is 23.2 Å². The molecule has 1 amide bonds. The lowest BCUT2D eigenvalue weighted by atomic mass is 10.3. The minimum atomic E-state index is 0.0200. The Hall–Kier alpha value is -1.11. The monoisotopic (exact) mass is 385 g/mol. The first kappa shape index (κ1) is 17.7. The summed E-state index contributed by atoms with van der Waals surface area (Å²) in [5.41, 5.74) is 0.683. The van der Waals surface area contributed by atoms with Crippen molar-refractivity contribution in [2.75, 3.05) is 38.0 Å². The molecule has 3 N–H and O–H groups in total. The number of carbonyl (C=O) groups is 1. The number of anilines is 1. The van der Waals surface area contributed by atoms with Crippen molar-refractivity contribution in [2.24, 2.45) is 0 Å². The van der Waals surface area contributed by atoms with Crippen LogP contribution in [0.3, 0.4) is 0 Å². The first-order valence-corrected chi connectivity index (χ1v) is 9.63. The van der Waals surface area contributed by atoms with Gasteiger partial charge in [0, 0.05) is 0 Å². The first-order chi connectivity index (χ1) is 11.6. The van der Waals surface area contributed by atoms with E-state index in [1.54, 1.807) is 22.3 Å². The number of halogens is 2. The Morgan fingerprint density at radius 3 is 2.42 bits per heavy atom. The van der Waals surface area contributed by atoms with Crippen molar-refractivity contribution in [3.8, 4) is 0 Å². The number of piperazine rings is 1. The van der Waals surface area contributed by atoms with Gasteiger partial charge in [-0.1, -0.05) is 35.3 Å². The van der Waals surface area contributed by atoms with Gasteiger partial charge in [0.1, 0.15) is 32.7 Å². The standard InChI is InChI=1S/C17H19Cl2N3OS/c18-14-3-1-2-4-15(14)20-17(23)12-22-9-7-21(8-10-22)11-13-5-6-16(19)24-13/h1-6H,7-12H2,(H,20,23)/p+2. The Morgan fingerprint density at radius 2 is 1.75 bits per heavy atom. The molecular formula is C17H21Cl2N3OS+2. The number of hydrogen-bond acceptors (Lipinski definition) is 2. The molecule has 4 nitrogen and oxygen atoms in total. The molecule has 1 aromatic heterocycles. The van der Waals surface area contributed by atoms with Gasteiger partial charge in [-0.15, -0.1) is 11.3 Å². The van der Waals surface area contributed by atoms with Crippen LogP contribution in [0.2, 0.25) is 9.36 Å². The Labute approximate surface area is 156 Å². The molecule has 1 aliphatic rings. The topological polar surface area (TPSA) is 38.0 Å². The average Bonchev–Trinajstić information content (AvgIpc) is 2.96. The van der Waals surface area contributed by atoms with Crippen molar-refractivity contribution in [1.82, 2.24) is 0 Å². The quantitative estimate of drug-likeness (QED) is 0.704. The highest BCUT2D eigenvalue weighted by Gasteiger charge is 2.25. The Morgan fingerprint density at radius 1 is 1.04 bits per heavy atom. The van der Waals surface area contributed by atoms with Gasteiger partial charge in [-0.3, -0.25) is 4.79 Å². The maximum Gasteiger partial charge on any atom is 0.279 e. The second kappa shape index (κ2) is 8.32. The van der Waals surface area contributed by atoms with Crippen LogP contribution in [0.1, 0.15) is 4.88 Å². The smallest absolute Gasteiger partial charge is 0.279 e. The molecule has 0 bridgehead atoms. The van der Waals surface area contributed by atoms with Crippen LogP contribution in [0.25, 0.3) is 0 Å². The highest BCUT2D eigenvalue weighted by Crippen LogP contribution is 2.20. The summed E-state index contributed by atoms with van der Waals surface area (Å²) in [6.45, 7) is 5.67. The average molecular weight is 386 g/mol. The van der Waals surface area contributed by atoms with Gasteiger partial charge in [-0.2, -0.15) is 0 Å². The number of amides is 1. The van der Waals surface area contributed by atoms with Gasteiger partial charge in [0.2, 0.25) is 0 Å². The number of benzene rings is 1. The summed E-state index contributed by atoms with van der Waals surface area (Å²) in [5.74, 6) is 0.0200. The number of quaternary nitrogens is 2. The summed E-state index contributed by atoms with van der Waals surface area (Å²) in [5, 5.41) is 3.47. The molecule has 128 valence electrons. The Balaban J connectivity index is 1.43. The van der Waals surface area contributed by atoms with Crippen molar-refractivity contribution >= 4 is 46.1 Å². The van der Waals surface area contributed by atoms with Crippen molar-refractivity contribution in [1.29, 1.82) is 0 Å². The lowest BCUT2D eigenvalue weighted by Gasteiger charge is -2.29. The molecule has 1 aromatic carbocycles. The summed E-state index contributed by atoms with van der Waals surface area (Å²) in [6, 6.07) is 11.4. The third-order valence-electron chi connectivity index (χ3n) is 4.28. The SMILES string of the molecule is O=C(C[NH+]1CC[NH+](Cc2ccc(Cl)s2)CC1)Nc1ccccc1Cl. The highest BCUT2D eigenvalue weighted by molar-refractivity contribution is 7.16. The van der Waals surface area contributed by atoms with Crippen molar-refractivity contribution in [2.45, 2.75) is 6.54 Å². The molecule has 1 fully saturated rings. The van der Waals surface area contributed by atoms with E-state index in [2.05, 4.69) is 11.4 Å². The third kappa shape index (κ3) is 4.94. The van der Waals surface area contributed by atoms with Crippen molar-refractivity contribution < 1.29 is 14.6 Å². The normalized spacial score (nSPS) is 20.8. The fourth-order valence-electron chi connectivity index (χ4n) is 2.99. The van der Waals surface area contributed by atoms with Crippen LogP contribution in [0.5, 0.6) is 0 Å². The lowest BCUT2D eigenvalue weighted by Crippen LogP contribution is -3.28. The van der Waals surface area contributed by atoms with Crippen LogP contribution < -0.4 is 15.1 Å². The maximum atomic E-state index is 12.2. The minimum Gasteiger partial charge on any atom is -0.321 e. The first-order valence-electron chi connectivity index (χ1n) is 8.06. The number of para-hydroxylation sites is 1. The Kier molecular flexibility index (Phi) is 6.14. The maximum absolute atomic E-state index is 12.2. The van der Waals surface area contributed by atoms with Gasteiger partial charge in [0.05, 0.1) is 19.9 Å². The molecular weight excluding hydrogens is 365 g/mol. The largest absolute Gasteiger partial charge is 0.321 e. The van der Waals surface area contributed by atoms with E-state index in [9.17, 15) is 4.79 Å². The summed E-state index contributed by atoms with van der Waals surface area (Å²) in [6.07, 6.45) is 0. The van der Waals surface area contributed by atoms with Gasteiger partial charge in [-0.25, -0.2) is 0 Å². The fraction of sp³-hybridized carbons (Fsp3) is 0.353. The molecule has 3 rings (SSSR count). The molecule has 24 heavy (non-hydrogen) atoms. The van der Waals surface area contributed by atoms with Gasteiger partial charge in [-0.05, 0) is 24.3 Å². The zero-order valence-corrected chi connectivity index (χ0v) is 15.6. The van der Waals surface area contributed by atoms with Crippen molar-refractivity contribution in [3.05, 3.63) is 50.6 Å². The van der Waals surface area contributed by atoms with Crippen LogP contribution in [-0.4, -0.2) is 38.6 Å². The van der Waals surface area contributed by atoms with E-state index in [1.165, 1.54) is 9.78 Å². The number of thiophene rings is 1. The van der Waals surface area contributed by atoms with Crippen LogP contribution in [0.15, 0.2) is 36.4 Å². The summed E-state index contributed by atoms with van der Waals surface area (Å²) in [7, 11) is 0. The predicted molar refractivity (Wildman–Crippen MR) is 99.4 cm³/mol. The third-order valence-corrected chi connectivity index (χ3v) is 5.84. The molecule has 0 radical (unpaired) electrons. The van der Waals surface area contributed by atoms with Crippen molar-refractivity contribution in [3.63, 3.8) is 0 Å². The molecule has 0 unspecified atom stereocenters. The number of rotatable bonds is 5. The molecule has 0 saturated carbocycles. The highest BCUT2D eigenvalue weighted by atomic mass is 35.5. The van der Waals surface area contributed by atoms with Crippen LogP contribution in [-0.2, 0) is 11.3 Å². The second-order valence-electron chi connectivity index (χ2n) is 6.09. The summed E-state index contributed by atoms with van der Waals surface area (Å²) in [4.78, 5) is 16.4. The van der Waals surface area contributed by atoms with Gasteiger partial charge in [0.25, 0.3) is 5.91 Å². The van der Waals surface area contributed by atoms with Crippen LogP contribution >= 0.6 is 34.5 Å². The molecule has 0 atom stereocenters. The zero-order valence-electron chi connectivity index (χ0n) is 13.3. The summed E-state index contributed by atoms with van der Waals surface area (Å²) >= 11 is 13.7. The predicted octanol–water partition coefficient (Wildman–Crippen LogP) is 0.977. The second-order valence-corrected chi connectivity index (χ2v) is 8.29. The number of hydrogen-bond donors (Lipinski definition) is 3. The van der Waals surface area contributed by atoms with Crippen LogP contribution in [0.4, 0.5) is 5.69 Å². The molecule has 1 aliphatic heterocycles. The number of nitrogens with one attached hydrogen (secondary N) is 3. The van der Waals surface area contributed by atoms with Gasteiger partial charge < -0.3 is 15.1 Å². The minimum absolute atomic E-state index is 0.0200. The fourth-order valence-corrected chi connectivity index (χ4v) is 4.33. The lowest BCUT2D eigenvalue weighted by molar-refractivity contribution is -1.01. The zero-order chi connectivity index (χ0) is 16.9. The van der Waals surface area contributed by atoms with E-state index < -0.39 is 0 Å². The molecule has 0 spiro atoms. The molecule has 7 heteroatoms. The van der Waals surface area contributed by atoms with E-state index in [0.29, 0.717) is 17.3 Å². The molecule has 0 aliphatic carbocycles. The summed E-state index contributed by atoms with van der Waals surface area (Å²) < 4.78 is 0.852. The van der Waals surface area contributed by atoms with E-state index in [-0.39, 0.29) is 5.91 Å². The van der Waals surface area contributed by atoms with Crippen LogP contribution in [0, 0.1) is 0 Å². The molecule has 2 heterocycles. The van der Waals surface area contributed by atoms with Gasteiger partial charge >= 0.3 is 0 Å². The Bertz CT molecular complexity index is 699. The van der Waals surface area contributed by atoms with E-state index in [0.717, 1.165) is 37.1 Å². The molecule has 2 aromatic rings. The molecule has 1 saturated heterocycles. The van der Waals surface area contributed by atoms with E-state index >= 15 is 0 Å². The number of carbonyl (C=O) groups excluding carboxylic acids is 1. The van der Waals surface area contributed by atoms with E-state index in [1.807, 2.05) is 24.3 Å². The van der Waals surface area contributed by atoms with Gasteiger partial charge in [0.15, 0.2) is 6.54 Å².